The summed E-state index contributed by atoms with van der Waals surface area (Å²) in [6.07, 6.45) is 1.86. The van der Waals surface area contributed by atoms with Crippen LogP contribution in [0.3, 0.4) is 0 Å². The maximum atomic E-state index is 13.0. The van der Waals surface area contributed by atoms with Gasteiger partial charge in [0.2, 0.25) is 5.91 Å². The van der Waals surface area contributed by atoms with Crippen molar-refractivity contribution in [2.45, 2.75) is 37.5 Å². The van der Waals surface area contributed by atoms with Crippen molar-refractivity contribution in [2.24, 2.45) is 0 Å². The van der Waals surface area contributed by atoms with E-state index in [1.807, 2.05) is 66.0 Å². The maximum Gasteiger partial charge on any atom is 0.262 e. The number of hydrogen-bond donors (Lipinski definition) is 1. The highest BCUT2D eigenvalue weighted by molar-refractivity contribution is 7.99. The number of thioether (sulfide) groups is 1. The first-order valence-corrected chi connectivity index (χ1v) is 12.5. The molecule has 1 N–H and O–H groups in total. The number of aromatic nitrogens is 2. The number of nitrogens with one attached hydrogen (secondary N) is 1. The number of benzene rings is 2. The van der Waals surface area contributed by atoms with Gasteiger partial charge in [-0.3, -0.25) is 14.2 Å². The third kappa shape index (κ3) is 5.11. The van der Waals surface area contributed by atoms with E-state index in [2.05, 4.69) is 12.2 Å². The van der Waals surface area contributed by atoms with Crippen LogP contribution in [0.1, 0.15) is 36.2 Å². The molecule has 0 aliphatic carbocycles. The second-order valence-electron chi connectivity index (χ2n) is 7.44. The first-order valence-electron chi connectivity index (χ1n) is 10.7. The molecule has 0 saturated carbocycles. The average Bonchev–Trinajstić information content (AvgIpc) is 3.36. The molecule has 0 saturated heterocycles. The van der Waals surface area contributed by atoms with Gasteiger partial charge in [-0.1, -0.05) is 73.6 Å². The topological polar surface area (TPSA) is 64.0 Å². The van der Waals surface area contributed by atoms with E-state index >= 15 is 0 Å². The van der Waals surface area contributed by atoms with E-state index in [4.69, 9.17) is 4.98 Å². The Morgan fingerprint density at radius 1 is 1.09 bits per heavy atom. The van der Waals surface area contributed by atoms with Crippen molar-refractivity contribution in [3.05, 3.63) is 92.9 Å². The highest BCUT2D eigenvalue weighted by Crippen LogP contribution is 2.26. The Hall–Kier alpha value is -2.90. The Morgan fingerprint density at radius 3 is 2.62 bits per heavy atom. The second kappa shape index (κ2) is 10.6. The fourth-order valence-corrected chi connectivity index (χ4v) is 5.16. The molecule has 2 heterocycles. The van der Waals surface area contributed by atoms with Gasteiger partial charge >= 0.3 is 0 Å². The molecule has 0 aliphatic rings. The minimum atomic E-state index is -0.198. The third-order valence-corrected chi connectivity index (χ3v) is 7.07. The molecule has 0 aliphatic heterocycles. The monoisotopic (exact) mass is 463 g/mol. The molecule has 1 amide bonds. The molecule has 164 valence electrons. The van der Waals surface area contributed by atoms with Crippen molar-refractivity contribution in [1.82, 2.24) is 14.9 Å². The van der Waals surface area contributed by atoms with Crippen LogP contribution in [0.25, 0.3) is 10.9 Å². The quantitative estimate of drug-likeness (QED) is 0.272. The van der Waals surface area contributed by atoms with Crippen molar-refractivity contribution in [3.63, 3.8) is 0 Å². The number of hydrogen-bond acceptors (Lipinski definition) is 5. The van der Waals surface area contributed by atoms with Gasteiger partial charge in [0.05, 0.1) is 22.7 Å². The molecule has 2 aromatic heterocycles. The van der Waals surface area contributed by atoms with Crippen LogP contribution in [-0.2, 0) is 11.3 Å². The second-order valence-corrected chi connectivity index (χ2v) is 9.36. The minimum absolute atomic E-state index is 0.0484. The molecule has 4 rings (SSSR count). The highest BCUT2D eigenvalue weighted by atomic mass is 32.2. The summed E-state index contributed by atoms with van der Waals surface area (Å²) < 4.78 is 1.71. The summed E-state index contributed by atoms with van der Waals surface area (Å²) in [6, 6.07) is 21.1. The van der Waals surface area contributed by atoms with Crippen molar-refractivity contribution >= 4 is 39.9 Å². The zero-order chi connectivity index (χ0) is 22.3. The maximum absolute atomic E-state index is 13.0. The Labute approximate surface area is 195 Å². The molecule has 0 bridgehead atoms. The van der Waals surface area contributed by atoms with Crippen molar-refractivity contribution in [3.8, 4) is 0 Å². The smallest absolute Gasteiger partial charge is 0.262 e. The van der Waals surface area contributed by atoms with Gasteiger partial charge in [-0.15, -0.1) is 11.3 Å². The van der Waals surface area contributed by atoms with Crippen molar-refractivity contribution in [1.29, 1.82) is 0 Å². The molecule has 4 aromatic rings. The summed E-state index contributed by atoms with van der Waals surface area (Å²) in [7, 11) is 0. The fourth-order valence-electron chi connectivity index (χ4n) is 3.52. The van der Waals surface area contributed by atoms with E-state index in [0.29, 0.717) is 22.6 Å². The molecular formula is C25H25N3O2S2. The number of nitrogens with zero attached hydrogens (tertiary/aromatic N) is 2. The largest absolute Gasteiger partial charge is 0.344 e. The van der Waals surface area contributed by atoms with Crippen molar-refractivity contribution in [2.75, 3.05) is 5.75 Å². The van der Waals surface area contributed by atoms with Crippen LogP contribution < -0.4 is 10.9 Å². The third-order valence-electron chi connectivity index (χ3n) is 5.16. The number of thiophene rings is 1. The Morgan fingerprint density at radius 2 is 1.88 bits per heavy atom. The zero-order valence-corrected chi connectivity index (χ0v) is 19.5. The molecule has 7 heteroatoms. The van der Waals surface area contributed by atoms with Gasteiger partial charge < -0.3 is 5.32 Å². The molecule has 32 heavy (non-hydrogen) atoms. The number of amides is 1. The lowest BCUT2D eigenvalue weighted by molar-refractivity contribution is -0.119. The summed E-state index contributed by atoms with van der Waals surface area (Å²) in [5.74, 6) is 0.0905. The standard InChI is InChI=1S/C25H25N3O2S2/c1-2-3-15-28-24(30)19-12-7-8-13-20(19)26-25(28)32-17-22(29)27-23(21-14-9-16-31-21)18-10-5-4-6-11-18/h4-14,16,23H,2-3,15,17H2,1H3,(H,27,29). The van der Waals surface area contributed by atoms with Gasteiger partial charge in [0.1, 0.15) is 0 Å². The van der Waals surface area contributed by atoms with Gasteiger partial charge in [-0.05, 0) is 35.6 Å². The lowest BCUT2D eigenvalue weighted by Gasteiger charge is -2.18. The van der Waals surface area contributed by atoms with Crippen LogP contribution in [0.15, 0.2) is 82.1 Å². The van der Waals surface area contributed by atoms with E-state index < -0.39 is 0 Å². The molecule has 0 radical (unpaired) electrons. The summed E-state index contributed by atoms with van der Waals surface area (Å²) in [6.45, 7) is 2.69. The van der Waals surface area contributed by atoms with Gasteiger partial charge in [0.25, 0.3) is 5.56 Å². The molecule has 2 aromatic carbocycles. The number of carbonyl (C=O) groups excluding carboxylic acids is 1. The molecule has 1 atom stereocenters. The van der Waals surface area contributed by atoms with E-state index in [0.717, 1.165) is 23.3 Å². The summed E-state index contributed by atoms with van der Waals surface area (Å²) in [5, 5.41) is 6.37. The van der Waals surface area contributed by atoms with Gasteiger partial charge in [0, 0.05) is 11.4 Å². The van der Waals surface area contributed by atoms with E-state index in [9.17, 15) is 9.59 Å². The van der Waals surface area contributed by atoms with Gasteiger partial charge in [-0.2, -0.15) is 0 Å². The van der Waals surface area contributed by atoms with Crippen molar-refractivity contribution < 1.29 is 4.79 Å². The molecule has 0 fully saturated rings. The molecule has 5 nitrogen and oxygen atoms in total. The molecular weight excluding hydrogens is 438 g/mol. The Bertz CT molecular complexity index is 1240. The van der Waals surface area contributed by atoms with Gasteiger partial charge in [-0.25, -0.2) is 4.98 Å². The predicted molar refractivity (Wildman–Crippen MR) is 132 cm³/mol. The number of fused-ring (bicyclic) bond motifs is 1. The van der Waals surface area contributed by atoms with Crippen LogP contribution >= 0.6 is 23.1 Å². The summed E-state index contributed by atoms with van der Waals surface area (Å²) in [5.41, 5.74) is 1.65. The summed E-state index contributed by atoms with van der Waals surface area (Å²) >= 11 is 2.93. The summed E-state index contributed by atoms with van der Waals surface area (Å²) in [4.78, 5) is 31.7. The Kier molecular flexibility index (Phi) is 7.39. The van der Waals surface area contributed by atoms with Crippen LogP contribution in [0.5, 0.6) is 0 Å². The van der Waals surface area contributed by atoms with E-state index in [1.165, 1.54) is 11.8 Å². The molecule has 1 unspecified atom stereocenters. The van der Waals surface area contributed by atoms with Gasteiger partial charge in [0.15, 0.2) is 5.16 Å². The normalized spacial score (nSPS) is 12.0. The average molecular weight is 464 g/mol. The lowest BCUT2D eigenvalue weighted by atomic mass is 10.1. The van der Waals surface area contributed by atoms with Crippen LogP contribution in [0.2, 0.25) is 0 Å². The number of para-hydroxylation sites is 1. The highest BCUT2D eigenvalue weighted by Gasteiger charge is 2.19. The first kappa shape index (κ1) is 22.3. The Balaban J connectivity index is 1.55. The number of rotatable bonds is 9. The van der Waals surface area contributed by atoms with Crippen LogP contribution in [-0.4, -0.2) is 21.2 Å². The predicted octanol–water partition coefficient (Wildman–Crippen LogP) is 5.26. The van der Waals surface area contributed by atoms with E-state index in [-0.39, 0.29) is 23.3 Å². The fraction of sp³-hybridized carbons (Fsp3) is 0.240. The first-order chi connectivity index (χ1) is 15.7. The van der Waals surface area contributed by atoms with Crippen LogP contribution in [0.4, 0.5) is 0 Å². The minimum Gasteiger partial charge on any atom is -0.344 e. The lowest BCUT2D eigenvalue weighted by Crippen LogP contribution is -2.31. The SMILES string of the molecule is CCCCn1c(SCC(=O)NC(c2ccccc2)c2cccs2)nc2ccccc2c1=O. The molecule has 0 spiro atoms. The number of unbranched alkanes of at least 4 members (excludes halogenated alkanes) is 1. The zero-order valence-electron chi connectivity index (χ0n) is 17.9. The van der Waals surface area contributed by atoms with Crippen LogP contribution in [0, 0.1) is 0 Å². The van der Waals surface area contributed by atoms with E-state index in [1.54, 1.807) is 22.0 Å². The number of carbonyl (C=O) groups is 1.